The van der Waals surface area contributed by atoms with Crippen molar-refractivity contribution in [2.75, 3.05) is 0 Å². The summed E-state index contributed by atoms with van der Waals surface area (Å²) in [4.78, 5) is -0.0474. The molecule has 0 unspecified atom stereocenters. The molecule has 4 nitrogen and oxygen atoms in total. The number of hydrogen-bond acceptors (Lipinski definition) is 4. The summed E-state index contributed by atoms with van der Waals surface area (Å²) in [5, 5.41) is 0. The van der Waals surface area contributed by atoms with E-state index in [0.29, 0.717) is 11.1 Å². The van der Waals surface area contributed by atoms with Crippen LogP contribution in [0.25, 0.3) is 11.1 Å². The van der Waals surface area contributed by atoms with E-state index in [-0.39, 0.29) is 14.7 Å². The van der Waals surface area contributed by atoms with E-state index < -0.39 is 18.9 Å². The second-order valence-corrected chi connectivity index (χ2v) is 8.55. The highest BCUT2D eigenvalue weighted by Gasteiger charge is 2.33. The zero-order chi connectivity index (χ0) is 13.8. The average Bonchev–Trinajstić information content (AvgIpc) is 2.58. The van der Waals surface area contributed by atoms with Crippen molar-refractivity contribution in [2.45, 2.75) is 14.7 Å². The number of sulfone groups is 1. The summed E-state index contributed by atoms with van der Waals surface area (Å²) in [6.07, 6.45) is 0. The van der Waals surface area contributed by atoms with Crippen LogP contribution in [-0.4, -0.2) is 16.8 Å². The van der Waals surface area contributed by atoms with E-state index in [4.69, 9.17) is 10.7 Å². The monoisotopic (exact) mass is 314 g/mol. The van der Waals surface area contributed by atoms with Gasteiger partial charge in [0.25, 0.3) is 9.05 Å². The van der Waals surface area contributed by atoms with E-state index in [1.807, 2.05) is 0 Å². The summed E-state index contributed by atoms with van der Waals surface area (Å²) in [6, 6.07) is 10.4. The molecule has 1 aliphatic rings. The first kappa shape index (κ1) is 12.7. The number of fused-ring (bicyclic) bond motifs is 3. The van der Waals surface area contributed by atoms with Crippen LogP contribution >= 0.6 is 10.7 Å². The van der Waals surface area contributed by atoms with Crippen molar-refractivity contribution >= 4 is 29.6 Å². The fourth-order valence-corrected chi connectivity index (χ4v) is 4.70. The number of hydrogen-bond donors (Lipinski definition) is 0. The van der Waals surface area contributed by atoms with E-state index >= 15 is 0 Å². The second-order valence-electron chi connectivity index (χ2n) is 4.10. The highest BCUT2D eigenvalue weighted by atomic mass is 35.7. The van der Waals surface area contributed by atoms with Crippen molar-refractivity contribution < 1.29 is 16.8 Å². The summed E-state index contributed by atoms with van der Waals surface area (Å²) < 4.78 is 47.2. The SMILES string of the molecule is O=S(=O)(Cl)c1ccc2c(c1)S(=O)(=O)c1ccccc1-2. The van der Waals surface area contributed by atoms with Crippen LogP contribution in [0.5, 0.6) is 0 Å². The Morgan fingerprint density at radius 3 is 2.21 bits per heavy atom. The molecule has 1 aliphatic heterocycles. The maximum atomic E-state index is 12.3. The minimum atomic E-state index is -3.95. The van der Waals surface area contributed by atoms with Gasteiger partial charge in [-0.1, -0.05) is 24.3 Å². The van der Waals surface area contributed by atoms with Crippen LogP contribution < -0.4 is 0 Å². The largest absolute Gasteiger partial charge is 0.261 e. The number of halogens is 1. The molecule has 0 aromatic heterocycles. The van der Waals surface area contributed by atoms with Crippen LogP contribution in [0.1, 0.15) is 0 Å². The first-order valence-corrected chi connectivity index (χ1v) is 9.04. The molecule has 0 atom stereocenters. The molecule has 0 spiro atoms. The van der Waals surface area contributed by atoms with Gasteiger partial charge in [-0.3, -0.25) is 0 Å². The Kier molecular flexibility index (Phi) is 2.54. The number of benzene rings is 2. The van der Waals surface area contributed by atoms with Crippen LogP contribution in [0.4, 0.5) is 0 Å². The standard InChI is InChI=1S/C12H7ClO4S2/c13-19(16,17)8-5-6-10-9-3-1-2-4-11(9)18(14,15)12(10)7-8/h1-7H. The van der Waals surface area contributed by atoms with E-state index in [2.05, 4.69) is 0 Å². The summed E-state index contributed by atoms with van der Waals surface area (Å²) in [6.45, 7) is 0. The van der Waals surface area contributed by atoms with Crippen LogP contribution in [-0.2, 0) is 18.9 Å². The lowest BCUT2D eigenvalue weighted by molar-refractivity contribution is 0.598. The lowest BCUT2D eigenvalue weighted by Gasteiger charge is -2.01. The lowest BCUT2D eigenvalue weighted by atomic mass is 10.1. The topological polar surface area (TPSA) is 68.3 Å². The van der Waals surface area contributed by atoms with Crippen molar-refractivity contribution in [3.8, 4) is 11.1 Å². The first-order chi connectivity index (χ1) is 8.82. The Morgan fingerprint density at radius 2 is 1.53 bits per heavy atom. The highest BCUT2D eigenvalue weighted by Crippen LogP contribution is 2.43. The molecule has 0 fully saturated rings. The molecule has 0 radical (unpaired) electrons. The van der Waals surface area contributed by atoms with Crippen LogP contribution in [0.3, 0.4) is 0 Å². The third-order valence-corrected chi connectivity index (χ3v) is 6.19. The molecule has 2 aromatic carbocycles. The van der Waals surface area contributed by atoms with Gasteiger partial charge in [0.15, 0.2) is 0 Å². The predicted octanol–water partition coefficient (Wildman–Crippen LogP) is 2.43. The molecule has 0 amide bonds. The molecule has 1 heterocycles. The molecule has 19 heavy (non-hydrogen) atoms. The Labute approximate surface area is 115 Å². The lowest BCUT2D eigenvalue weighted by Crippen LogP contribution is -1.98. The van der Waals surface area contributed by atoms with Crippen molar-refractivity contribution in [1.29, 1.82) is 0 Å². The summed E-state index contributed by atoms with van der Waals surface area (Å²) in [5.41, 5.74) is 1.08. The highest BCUT2D eigenvalue weighted by molar-refractivity contribution is 8.13. The Hall–Kier alpha value is -1.37. The van der Waals surface area contributed by atoms with Gasteiger partial charge >= 0.3 is 0 Å². The molecule has 0 saturated heterocycles. The minimum Gasteiger partial charge on any atom is -0.218 e. The zero-order valence-corrected chi connectivity index (χ0v) is 11.8. The van der Waals surface area contributed by atoms with Crippen LogP contribution in [0.2, 0.25) is 0 Å². The van der Waals surface area contributed by atoms with Crippen LogP contribution in [0, 0.1) is 0 Å². The first-order valence-electron chi connectivity index (χ1n) is 5.25. The quantitative estimate of drug-likeness (QED) is 0.647. The van der Waals surface area contributed by atoms with E-state index in [0.717, 1.165) is 6.07 Å². The van der Waals surface area contributed by atoms with Gasteiger partial charge < -0.3 is 0 Å². The van der Waals surface area contributed by atoms with Gasteiger partial charge in [0.05, 0.1) is 14.7 Å². The van der Waals surface area contributed by atoms with Gasteiger partial charge in [-0.2, -0.15) is 0 Å². The molecular weight excluding hydrogens is 308 g/mol. The molecule has 98 valence electrons. The van der Waals surface area contributed by atoms with E-state index in [9.17, 15) is 16.8 Å². The molecule has 0 bridgehead atoms. The van der Waals surface area contributed by atoms with E-state index in [1.165, 1.54) is 18.2 Å². The summed E-state index contributed by atoms with van der Waals surface area (Å²) in [7, 11) is -2.38. The molecule has 7 heteroatoms. The van der Waals surface area contributed by atoms with Gasteiger partial charge in [-0.25, -0.2) is 16.8 Å². The Bertz CT molecular complexity index is 899. The predicted molar refractivity (Wildman–Crippen MR) is 70.4 cm³/mol. The van der Waals surface area contributed by atoms with Gasteiger partial charge in [-0.05, 0) is 18.2 Å². The third-order valence-electron chi connectivity index (χ3n) is 2.99. The summed E-state index contributed by atoms with van der Waals surface area (Å²) >= 11 is 0. The zero-order valence-electron chi connectivity index (χ0n) is 9.37. The maximum Gasteiger partial charge on any atom is 0.261 e. The normalized spacial score (nSPS) is 15.8. The maximum absolute atomic E-state index is 12.3. The molecule has 0 saturated carbocycles. The minimum absolute atomic E-state index is 0.0181. The molecule has 0 aliphatic carbocycles. The van der Waals surface area contributed by atoms with Crippen molar-refractivity contribution in [2.24, 2.45) is 0 Å². The van der Waals surface area contributed by atoms with E-state index in [1.54, 1.807) is 18.2 Å². The van der Waals surface area contributed by atoms with Gasteiger partial charge in [0.2, 0.25) is 9.84 Å². The number of rotatable bonds is 1. The van der Waals surface area contributed by atoms with Gasteiger partial charge in [0.1, 0.15) is 0 Å². The molecule has 0 N–H and O–H groups in total. The van der Waals surface area contributed by atoms with Crippen molar-refractivity contribution in [3.05, 3.63) is 42.5 Å². The second kappa shape index (κ2) is 3.82. The average molecular weight is 315 g/mol. The summed E-state index contributed by atoms with van der Waals surface area (Å²) in [5.74, 6) is 0. The third kappa shape index (κ3) is 1.79. The molecule has 3 rings (SSSR count). The fourth-order valence-electron chi connectivity index (χ4n) is 2.14. The smallest absolute Gasteiger partial charge is 0.218 e. The van der Waals surface area contributed by atoms with Gasteiger partial charge in [0, 0.05) is 21.8 Å². The molecule has 2 aromatic rings. The van der Waals surface area contributed by atoms with Crippen molar-refractivity contribution in [3.63, 3.8) is 0 Å². The van der Waals surface area contributed by atoms with Crippen molar-refractivity contribution in [1.82, 2.24) is 0 Å². The Balaban J connectivity index is 2.40. The van der Waals surface area contributed by atoms with Gasteiger partial charge in [-0.15, -0.1) is 0 Å². The molecular formula is C12H7ClO4S2. The Morgan fingerprint density at radius 1 is 0.895 bits per heavy atom. The van der Waals surface area contributed by atoms with Crippen LogP contribution in [0.15, 0.2) is 57.2 Å². The fraction of sp³-hybridized carbons (Fsp3) is 0.